The Kier molecular flexibility index (Phi) is 6.69. The molecular weight excluding hydrogens is 459 g/mol. The molecule has 3 heterocycles. The molecule has 0 spiro atoms. The molecule has 0 aliphatic carbocycles. The third kappa shape index (κ3) is 4.67. The standard InChI is InChI=1S/C23H22ClFN8O/c1-14(21-13-29-31-32(21)2)30-22-9-20(17(24)12-28-22)33-8-7-19(16(10-26)23(33)34)27-11-15-5-3-4-6-18(15)25/h3-10,12-14,26-27H,11H2,1-2H3,(H,28,30)/t14-/m1/s1. The highest BCUT2D eigenvalue weighted by Gasteiger charge is 2.15. The summed E-state index contributed by atoms with van der Waals surface area (Å²) in [5, 5.41) is 22.1. The van der Waals surface area contributed by atoms with Crippen LogP contribution in [0.5, 0.6) is 0 Å². The van der Waals surface area contributed by atoms with Crippen molar-refractivity contribution < 1.29 is 4.39 Å². The van der Waals surface area contributed by atoms with Crippen molar-refractivity contribution in [3.63, 3.8) is 0 Å². The molecule has 0 aliphatic rings. The van der Waals surface area contributed by atoms with Crippen molar-refractivity contribution in [1.82, 2.24) is 24.5 Å². The predicted molar refractivity (Wildman–Crippen MR) is 129 cm³/mol. The number of hydrogen-bond acceptors (Lipinski definition) is 7. The summed E-state index contributed by atoms with van der Waals surface area (Å²) in [5.41, 5.74) is 1.80. The lowest BCUT2D eigenvalue weighted by Crippen LogP contribution is -2.24. The van der Waals surface area contributed by atoms with Crippen molar-refractivity contribution in [2.75, 3.05) is 10.6 Å². The maximum absolute atomic E-state index is 13.9. The van der Waals surface area contributed by atoms with Crippen molar-refractivity contribution in [2.24, 2.45) is 7.05 Å². The molecule has 3 N–H and O–H groups in total. The molecule has 34 heavy (non-hydrogen) atoms. The monoisotopic (exact) mass is 480 g/mol. The molecule has 9 nitrogen and oxygen atoms in total. The first-order chi connectivity index (χ1) is 16.4. The highest BCUT2D eigenvalue weighted by molar-refractivity contribution is 6.32. The van der Waals surface area contributed by atoms with E-state index in [9.17, 15) is 9.18 Å². The van der Waals surface area contributed by atoms with E-state index in [4.69, 9.17) is 17.0 Å². The van der Waals surface area contributed by atoms with Gasteiger partial charge in [0, 0.05) is 37.6 Å². The zero-order valence-electron chi connectivity index (χ0n) is 18.5. The molecule has 0 radical (unpaired) electrons. The number of aromatic nitrogens is 5. The molecule has 0 unspecified atom stereocenters. The Bertz CT molecular complexity index is 1400. The topological polar surface area (TPSA) is 114 Å². The van der Waals surface area contributed by atoms with E-state index in [1.54, 1.807) is 54.5 Å². The van der Waals surface area contributed by atoms with Gasteiger partial charge >= 0.3 is 0 Å². The molecule has 4 rings (SSSR count). The molecule has 0 fully saturated rings. The van der Waals surface area contributed by atoms with Gasteiger partial charge in [0.1, 0.15) is 11.6 Å². The number of hydrogen-bond donors (Lipinski definition) is 3. The summed E-state index contributed by atoms with van der Waals surface area (Å²) in [6, 6.07) is 9.52. The van der Waals surface area contributed by atoms with Crippen LogP contribution in [0.3, 0.4) is 0 Å². The number of rotatable bonds is 8. The molecule has 1 atom stereocenters. The quantitative estimate of drug-likeness (QED) is 0.329. The normalized spacial score (nSPS) is 11.8. The van der Waals surface area contributed by atoms with Crippen LogP contribution in [0, 0.1) is 11.2 Å². The van der Waals surface area contributed by atoms with Gasteiger partial charge in [0.2, 0.25) is 0 Å². The van der Waals surface area contributed by atoms with Crippen LogP contribution in [0.1, 0.15) is 29.8 Å². The Morgan fingerprint density at radius 3 is 2.76 bits per heavy atom. The fourth-order valence-corrected chi connectivity index (χ4v) is 3.74. The summed E-state index contributed by atoms with van der Waals surface area (Å²) in [4.78, 5) is 17.5. The number of benzene rings is 1. The van der Waals surface area contributed by atoms with Crippen LogP contribution in [0.25, 0.3) is 5.69 Å². The lowest BCUT2D eigenvalue weighted by atomic mass is 10.2. The average molecular weight is 481 g/mol. The Labute approximate surface area is 199 Å². The SMILES string of the molecule is C[C@@H](Nc1cc(-n2ccc(NCc3ccccc3F)c(C=N)c2=O)c(Cl)cn1)c1cnnn1C. The second-order valence-corrected chi connectivity index (χ2v) is 7.98. The molecule has 11 heteroatoms. The molecule has 174 valence electrons. The smallest absolute Gasteiger partial charge is 0.266 e. The first kappa shape index (κ1) is 23.1. The van der Waals surface area contributed by atoms with Crippen LogP contribution >= 0.6 is 11.6 Å². The lowest BCUT2D eigenvalue weighted by molar-refractivity contribution is 0.613. The Hall–Kier alpha value is -4.05. The second kappa shape index (κ2) is 9.84. The summed E-state index contributed by atoms with van der Waals surface area (Å²) >= 11 is 6.37. The molecule has 0 saturated heterocycles. The zero-order chi connectivity index (χ0) is 24.2. The number of pyridine rings is 2. The van der Waals surface area contributed by atoms with Gasteiger partial charge in [-0.25, -0.2) is 9.37 Å². The van der Waals surface area contributed by atoms with Crippen LogP contribution in [0.2, 0.25) is 5.02 Å². The maximum atomic E-state index is 13.9. The minimum absolute atomic E-state index is 0.121. The Morgan fingerprint density at radius 2 is 2.06 bits per heavy atom. The lowest BCUT2D eigenvalue weighted by Gasteiger charge is -2.17. The van der Waals surface area contributed by atoms with Crippen molar-refractivity contribution in [3.05, 3.63) is 93.0 Å². The highest BCUT2D eigenvalue weighted by atomic mass is 35.5. The average Bonchev–Trinajstić information content (AvgIpc) is 3.26. The van der Waals surface area contributed by atoms with E-state index in [1.807, 2.05) is 6.92 Å². The first-order valence-electron chi connectivity index (χ1n) is 10.4. The van der Waals surface area contributed by atoms with Gasteiger partial charge in [-0.2, -0.15) is 0 Å². The molecule has 0 saturated carbocycles. The van der Waals surface area contributed by atoms with Crippen LogP contribution < -0.4 is 16.2 Å². The molecule has 3 aromatic heterocycles. The maximum Gasteiger partial charge on any atom is 0.266 e. The third-order valence-electron chi connectivity index (χ3n) is 5.35. The van der Waals surface area contributed by atoms with E-state index in [2.05, 4.69) is 25.9 Å². The fourth-order valence-electron chi connectivity index (χ4n) is 3.54. The second-order valence-electron chi connectivity index (χ2n) is 7.58. The van der Waals surface area contributed by atoms with Crippen molar-refractivity contribution in [3.8, 4) is 5.69 Å². The minimum Gasteiger partial charge on any atom is -0.380 e. The predicted octanol–water partition coefficient (Wildman–Crippen LogP) is 3.94. The van der Waals surface area contributed by atoms with Gasteiger partial charge in [-0.05, 0) is 19.1 Å². The third-order valence-corrected chi connectivity index (χ3v) is 5.64. The van der Waals surface area contributed by atoms with E-state index in [0.717, 1.165) is 11.9 Å². The molecule has 0 bridgehead atoms. The summed E-state index contributed by atoms with van der Waals surface area (Å²) in [6.07, 6.45) is 5.63. The van der Waals surface area contributed by atoms with Gasteiger partial charge in [-0.3, -0.25) is 14.0 Å². The van der Waals surface area contributed by atoms with Crippen molar-refractivity contribution in [2.45, 2.75) is 19.5 Å². The van der Waals surface area contributed by atoms with Gasteiger partial charge in [-0.15, -0.1) is 5.10 Å². The fraction of sp³-hybridized carbons (Fsp3) is 0.174. The van der Waals surface area contributed by atoms with Gasteiger partial charge < -0.3 is 16.0 Å². The van der Waals surface area contributed by atoms with Crippen LogP contribution in [-0.4, -0.2) is 30.8 Å². The zero-order valence-corrected chi connectivity index (χ0v) is 19.2. The van der Waals surface area contributed by atoms with Crippen molar-refractivity contribution in [1.29, 1.82) is 5.41 Å². The molecule has 1 aromatic carbocycles. The van der Waals surface area contributed by atoms with E-state index in [1.165, 1.54) is 16.8 Å². The van der Waals surface area contributed by atoms with Crippen LogP contribution in [0.4, 0.5) is 15.9 Å². The molecular formula is C23H22ClFN8O. The summed E-state index contributed by atoms with van der Waals surface area (Å²) in [5.74, 6) is 0.151. The van der Waals surface area contributed by atoms with Gasteiger partial charge in [-0.1, -0.05) is 35.0 Å². The van der Waals surface area contributed by atoms with Crippen molar-refractivity contribution >= 4 is 29.3 Å². The summed E-state index contributed by atoms with van der Waals surface area (Å²) in [7, 11) is 1.79. The molecule has 4 aromatic rings. The van der Waals surface area contributed by atoms with E-state index in [0.29, 0.717) is 22.8 Å². The Morgan fingerprint density at radius 1 is 1.26 bits per heavy atom. The molecule has 0 amide bonds. The van der Waals surface area contributed by atoms with Gasteiger partial charge in [0.05, 0.1) is 46.1 Å². The van der Waals surface area contributed by atoms with Crippen LogP contribution in [0.15, 0.2) is 59.8 Å². The number of aryl methyl sites for hydroxylation is 1. The minimum atomic E-state index is -0.448. The van der Waals surface area contributed by atoms with E-state index >= 15 is 0 Å². The van der Waals surface area contributed by atoms with E-state index < -0.39 is 5.56 Å². The van der Waals surface area contributed by atoms with Gasteiger partial charge in [0.25, 0.3) is 5.56 Å². The number of nitrogens with zero attached hydrogens (tertiary/aromatic N) is 5. The summed E-state index contributed by atoms with van der Waals surface area (Å²) < 4.78 is 16.9. The highest BCUT2D eigenvalue weighted by Crippen LogP contribution is 2.25. The number of anilines is 2. The molecule has 0 aliphatic heterocycles. The number of halogens is 2. The number of nitrogens with one attached hydrogen (secondary N) is 3. The largest absolute Gasteiger partial charge is 0.380 e. The van der Waals surface area contributed by atoms with Gasteiger partial charge in [0.15, 0.2) is 0 Å². The van der Waals surface area contributed by atoms with E-state index in [-0.39, 0.29) is 29.0 Å². The Balaban J connectivity index is 1.63. The van der Waals surface area contributed by atoms with Crippen LogP contribution in [-0.2, 0) is 13.6 Å². The summed E-state index contributed by atoms with van der Waals surface area (Å²) in [6.45, 7) is 2.10. The first-order valence-corrected chi connectivity index (χ1v) is 10.8.